The van der Waals surface area contributed by atoms with Gasteiger partial charge in [0.25, 0.3) is 5.91 Å². The molecule has 0 unspecified atom stereocenters. The molecule has 0 spiro atoms. The Morgan fingerprint density at radius 3 is 2.43 bits per heavy atom. The maximum Gasteiger partial charge on any atom is 0.275 e. The molecule has 4 rings (SSSR count). The molecule has 1 aromatic heterocycles. The summed E-state index contributed by atoms with van der Waals surface area (Å²) in [7, 11) is 0. The van der Waals surface area contributed by atoms with Gasteiger partial charge in [0.1, 0.15) is 10.1 Å². The van der Waals surface area contributed by atoms with Crippen LogP contribution in [0.4, 0.5) is 0 Å². The minimum atomic E-state index is -0.492. The quantitative estimate of drug-likeness (QED) is 0.337. The lowest BCUT2D eigenvalue weighted by molar-refractivity contribution is 0.0952. The number of hydrogen-bond acceptors (Lipinski definition) is 4. The Morgan fingerprint density at radius 2 is 1.68 bits per heavy atom. The van der Waals surface area contributed by atoms with Crippen LogP contribution >= 0.6 is 22.9 Å². The van der Waals surface area contributed by atoms with Crippen LogP contribution in [-0.4, -0.2) is 17.2 Å². The van der Waals surface area contributed by atoms with Crippen molar-refractivity contribution in [3.63, 3.8) is 0 Å². The number of nitrogens with one attached hydrogen (secondary N) is 1. The molecule has 4 nitrogen and oxygen atoms in total. The van der Waals surface area contributed by atoms with Crippen molar-refractivity contribution in [2.75, 3.05) is 0 Å². The van der Waals surface area contributed by atoms with Crippen LogP contribution in [0.3, 0.4) is 0 Å². The number of phenols is 1. The largest absolute Gasteiger partial charge is 0.507 e. The molecule has 3 aromatic carbocycles. The molecule has 28 heavy (non-hydrogen) atoms. The van der Waals surface area contributed by atoms with Gasteiger partial charge in [0, 0.05) is 10.4 Å². The van der Waals surface area contributed by atoms with Crippen LogP contribution in [0.1, 0.15) is 15.9 Å². The Kier molecular flexibility index (Phi) is 5.10. The highest BCUT2D eigenvalue weighted by Crippen LogP contribution is 2.34. The second-order valence-electron chi connectivity index (χ2n) is 6.12. The minimum Gasteiger partial charge on any atom is -0.507 e. The number of nitrogens with zero attached hydrogens (tertiary/aromatic N) is 1. The number of aromatic hydroxyl groups is 1. The van der Waals surface area contributed by atoms with Crippen LogP contribution in [0, 0.1) is 0 Å². The van der Waals surface area contributed by atoms with E-state index in [-0.39, 0.29) is 11.3 Å². The molecule has 0 atom stereocenters. The van der Waals surface area contributed by atoms with Gasteiger partial charge in [-0.3, -0.25) is 4.79 Å². The summed E-state index contributed by atoms with van der Waals surface area (Å²) in [5.74, 6) is -0.583. The maximum absolute atomic E-state index is 12.4. The summed E-state index contributed by atoms with van der Waals surface area (Å²) in [6.45, 7) is 0. The lowest BCUT2D eigenvalue weighted by Gasteiger charge is -2.05. The van der Waals surface area contributed by atoms with E-state index in [1.807, 2.05) is 60.7 Å². The van der Waals surface area contributed by atoms with E-state index >= 15 is 0 Å². The van der Waals surface area contributed by atoms with Gasteiger partial charge in [0.05, 0.1) is 11.8 Å². The molecule has 1 heterocycles. The normalized spacial score (nSPS) is 11.2. The van der Waals surface area contributed by atoms with E-state index in [4.69, 9.17) is 11.6 Å². The summed E-state index contributed by atoms with van der Waals surface area (Å²) in [5.41, 5.74) is 4.39. The third-order valence-corrected chi connectivity index (χ3v) is 5.69. The number of hydrogen-bond donors (Lipinski definition) is 2. The zero-order chi connectivity index (χ0) is 19.5. The molecule has 0 radical (unpaired) electrons. The number of amides is 1. The molecule has 0 saturated carbocycles. The summed E-state index contributed by atoms with van der Waals surface area (Å²) in [6, 6.07) is 22.5. The van der Waals surface area contributed by atoms with Gasteiger partial charge in [-0.2, -0.15) is 5.10 Å². The van der Waals surface area contributed by atoms with Gasteiger partial charge in [-0.05, 0) is 34.5 Å². The Balaban J connectivity index is 1.52. The van der Waals surface area contributed by atoms with Crippen molar-refractivity contribution in [3.8, 4) is 16.2 Å². The first-order chi connectivity index (χ1) is 13.6. The predicted octanol–water partition coefficient (Wildman–Crippen LogP) is 5.69. The van der Waals surface area contributed by atoms with Gasteiger partial charge in [0.2, 0.25) is 0 Å². The van der Waals surface area contributed by atoms with Crippen LogP contribution in [0.5, 0.6) is 5.75 Å². The minimum absolute atomic E-state index is 0.0914. The van der Waals surface area contributed by atoms with Crippen LogP contribution in [0.2, 0.25) is 4.34 Å². The predicted molar refractivity (Wildman–Crippen MR) is 115 cm³/mol. The van der Waals surface area contributed by atoms with Crippen molar-refractivity contribution in [1.29, 1.82) is 0 Å². The molecule has 0 fully saturated rings. The fourth-order valence-electron chi connectivity index (χ4n) is 2.85. The number of carbonyl (C=O) groups excluding carboxylic acids is 1. The SMILES string of the molecule is O=C(NN=Cc1cc(-c2ccccc2)sc1Cl)c1cc2ccccc2cc1O. The van der Waals surface area contributed by atoms with E-state index in [1.165, 1.54) is 17.6 Å². The Labute approximate surface area is 170 Å². The number of thiophene rings is 1. The fraction of sp³-hybridized carbons (Fsp3) is 0. The number of fused-ring (bicyclic) bond motifs is 1. The molecule has 4 aromatic rings. The molecule has 0 aliphatic carbocycles. The molecule has 138 valence electrons. The third-order valence-electron chi connectivity index (χ3n) is 4.25. The molecule has 0 aliphatic rings. The molecule has 0 aliphatic heterocycles. The van der Waals surface area contributed by atoms with E-state index in [2.05, 4.69) is 10.5 Å². The molecule has 0 saturated heterocycles. The van der Waals surface area contributed by atoms with Gasteiger partial charge in [-0.15, -0.1) is 11.3 Å². The first kappa shape index (κ1) is 18.2. The summed E-state index contributed by atoms with van der Waals surface area (Å²) >= 11 is 7.74. The molecule has 6 heteroatoms. The molecule has 2 N–H and O–H groups in total. The molecular weight excluding hydrogens is 392 g/mol. The topological polar surface area (TPSA) is 61.7 Å². The van der Waals surface area contributed by atoms with Crippen molar-refractivity contribution >= 4 is 45.8 Å². The molecular formula is C22H15ClN2O2S. The lowest BCUT2D eigenvalue weighted by atomic mass is 10.1. The first-order valence-corrected chi connectivity index (χ1v) is 9.71. The van der Waals surface area contributed by atoms with E-state index < -0.39 is 5.91 Å². The number of carbonyl (C=O) groups is 1. The first-order valence-electron chi connectivity index (χ1n) is 8.52. The van der Waals surface area contributed by atoms with Gasteiger partial charge in [-0.1, -0.05) is 66.2 Å². The third kappa shape index (κ3) is 3.76. The average Bonchev–Trinajstić information content (AvgIpc) is 3.08. The van der Waals surface area contributed by atoms with Crippen molar-refractivity contribution < 1.29 is 9.90 Å². The maximum atomic E-state index is 12.4. The number of halogens is 1. The number of hydrazone groups is 1. The Hall–Kier alpha value is -3.15. The van der Waals surface area contributed by atoms with Crippen molar-refractivity contribution in [3.05, 3.63) is 88.3 Å². The lowest BCUT2D eigenvalue weighted by Crippen LogP contribution is -2.17. The van der Waals surface area contributed by atoms with Crippen LogP contribution in [-0.2, 0) is 0 Å². The summed E-state index contributed by atoms with van der Waals surface area (Å²) in [4.78, 5) is 13.4. The van der Waals surface area contributed by atoms with Crippen LogP contribution < -0.4 is 5.43 Å². The Bertz CT molecular complexity index is 1190. The van der Waals surface area contributed by atoms with Crippen molar-refractivity contribution in [2.24, 2.45) is 5.10 Å². The molecule has 1 amide bonds. The van der Waals surface area contributed by atoms with Gasteiger partial charge in [-0.25, -0.2) is 5.43 Å². The van der Waals surface area contributed by atoms with Gasteiger partial charge < -0.3 is 5.11 Å². The van der Waals surface area contributed by atoms with Crippen LogP contribution in [0.15, 0.2) is 77.9 Å². The summed E-state index contributed by atoms with van der Waals surface area (Å²) in [6.07, 6.45) is 1.50. The second kappa shape index (κ2) is 7.84. The highest BCUT2D eigenvalue weighted by molar-refractivity contribution is 7.19. The van der Waals surface area contributed by atoms with E-state index in [0.717, 1.165) is 21.2 Å². The number of rotatable bonds is 4. The Morgan fingerprint density at radius 1 is 1.00 bits per heavy atom. The van der Waals surface area contributed by atoms with Crippen LogP contribution in [0.25, 0.3) is 21.2 Å². The highest BCUT2D eigenvalue weighted by Gasteiger charge is 2.12. The monoisotopic (exact) mass is 406 g/mol. The highest BCUT2D eigenvalue weighted by atomic mass is 35.5. The fourth-order valence-corrected chi connectivity index (χ4v) is 4.06. The molecule has 0 bridgehead atoms. The summed E-state index contributed by atoms with van der Waals surface area (Å²) < 4.78 is 0.588. The van der Waals surface area contributed by atoms with E-state index in [9.17, 15) is 9.90 Å². The standard InChI is InChI=1S/C22H15ClN2O2S/c23-21-17(12-20(28-21)14-6-2-1-3-7-14)13-24-25-22(27)18-10-15-8-4-5-9-16(15)11-19(18)26/h1-13,26H,(H,25,27). The van der Waals surface area contributed by atoms with Crippen molar-refractivity contribution in [2.45, 2.75) is 0 Å². The van der Waals surface area contributed by atoms with Gasteiger partial charge >= 0.3 is 0 Å². The zero-order valence-corrected chi connectivity index (χ0v) is 16.2. The van der Waals surface area contributed by atoms with E-state index in [1.54, 1.807) is 12.1 Å². The van der Waals surface area contributed by atoms with Gasteiger partial charge in [0.15, 0.2) is 0 Å². The number of phenolic OH excluding ortho intramolecular Hbond substituents is 1. The summed E-state index contributed by atoms with van der Waals surface area (Å²) in [5, 5.41) is 15.9. The zero-order valence-electron chi connectivity index (χ0n) is 14.6. The number of benzene rings is 3. The average molecular weight is 407 g/mol. The smallest absolute Gasteiger partial charge is 0.275 e. The van der Waals surface area contributed by atoms with E-state index in [0.29, 0.717) is 9.90 Å². The second-order valence-corrected chi connectivity index (χ2v) is 7.78. The van der Waals surface area contributed by atoms with Crippen molar-refractivity contribution in [1.82, 2.24) is 5.43 Å².